The van der Waals surface area contributed by atoms with Crippen molar-refractivity contribution in [2.75, 3.05) is 25.6 Å². The van der Waals surface area contributed by atoms with Crippen LogP contribution in [0.3, 0.4) is 0 Å². The molecule has 0 saturated heterocycles. The molecule has 0 fully saturated rings. The lowest BCUT2D eigenvalue weighted by atomic mass is 9.95. The number of pyridine rings is 1. The number of hydrogen-bond acceptors (Lipinski definition) is 7. The molecular formula is C26H27N3O5. The molecule has 4 rings (SSSR count). The van der Waals surface area contributed by atoms with E-state index in [0.29, 0.717) is 23.5 Å². The van der Waals surface area contributed by atoms with E-state index in [9.17, 15) is 14.4 Å². The summed E-state index contributed by atoms with van der Waals surface area (Å²) in [5, 5.41) is 3.32. The summed E-state index contributed by atoms with van der Waals surface area (Å²) in [5.41, 5.74) is 3.41. The molecule has 2 aromatic carbocycles. The van der Waals surface area contributed by atoms with Crippen molar-refractivity contribution in [3.05, 3.63) is 70.9 Å². The molecule has 1 aromatic heterocycles. The standard InChI is InChI=1S/C26H27N3O5/c1-16(2)29-13-12-22-19(14-29)24(17-8-4-6-10-20(17)27-22)26(32)34-15-23(30)28-21-11-7-5-9-18(21)25(31)33-3/h4-11,16H,12-15H2,1-3H3,(H,28,30). The molecule has 1 amide bonds. The van der Waals surface area contributed by atoms with Crippen molar-refractivity contribution >= 4 is 34.4 Å². The topological polar surface area (TPSA) is 97.8 Å². The van der Waals surface area contributed by atoms with Crippen molar-refractivity contribution in [2.24, 2.45) is 0 Å². The third kappa shape index (κ3) is 4.77. The maximum Gasteiger partial charge on any atom is 0.339 e. The molecule has 1 aliphatic heterocycles. The SMILES string of the molecule is COC(=O)c1ccccc1NC(=O)COC(=O)c1c2c(nc3ccccc13)CCN(C(C)C)C2. The molecule has 176 valence electrons. The Balaban J connectivity index is 1.56. The molecule has 1 aliphatic rings. The summed E-state index contributed by atoms with van der Waals surface area (Å²) in [7, 11) is 1.27. The number of aromatic nitrogens is 1. The molecule has 2 heterocycles. The fourth-order valence-corrected chi connectivity index (χ4v) is 4.15. The van der Waals surface area contributed by atoms with Gasteiger partial charge in [-0.15, -0.1) is 0 Å². The van der Waals surface area contributed by atoms with Crippen LogP contribution in [-0.4, -0.2) is 54.0 Å². The van der Waals surface area contributed by atoms with Gasteiger partial charge in [-0.05, 0) is 32.0 Å². The number of hydrogen-bond donors (Lipinski definition) is 1. The molecule has 0 aliphatic carbocycles. The Hall–Kier alpha value is -3.78. The maximum atomic E-state index is 13.3. The molecule has 8 heteroatoms. The van der Waals surface area contributed by atoms with Gasteiger partial charge in [-0.25, -0.2) is 9.59 Å². The lowest BCUT2D eigenvalue weighted by Gasteiger charge is -2.32. The van der Waals surface area contributed by atoms with Crippen molar-refractivity contribution in [1.29, 1.82) is 0 Å². The van der Waals surface area contributed by atoms with Crippen LogP contribution in [-0.2, 0) is 27.2 Å². The predicted molar refractivity (Wildman–Crippen MR) is 128 cm³/mol. The van der Waals surface area contributed by atoms with Crippen LogP contribution in [0.1, 0.15) is 45.8 Å². The fraction of sp³-hybridized carbons (Fsp3) is 0.308. The summed E-state index contributed by atoms with van der Waals surface area (Å²) in [4.78, 5) is 44.8. The summed E-state index contributed by atoms with van der Waals surface area (Å²) in [6, 6.07) is 14.3. The number of esters is 2. The summed E-state index contributed by atoms with van der Waals surface area (Å²) in [6.45, 7) is 5.20. The number of amides is 1. The monoisotopic (exact) mass is 461 g/mol. The van der Waals surface area contributed by atoms with Crippen LogP contribution < -0.4 is 5.32 Å². The van der Waals surface area contributed by atoms with Crippen LogP contribution in [0.5, 0.6) is 0 Å². The van der Waals surface area contributed by atoms with E-state index in [1.807, 2.05) is 24.3 Å². The number of para-hydroxylation sites is 2. The van der Waals surface area contributed by atoms with Crippen LogP contribution in [0.4, 0.5) is 5.69 Å². The Morgan fingerprint density at radius 2 is 1.79 bits per heavy atom. The van der Waals surface area contributed by atoms with Crippen LogP contribution in [0.15, 0.2) is 48.5 Å². The Morgan fingerprint density at radius 3 is 2.56 bits per heavy atom. The van der Waals surface area contributed by atoms with Gasteiger partial charge in [0.2, 0.25) is 0 Å². The number of nitrogens with one attached hydrogen (secondary N) is 1. The highest BCUT2D eigenvalue weighted by atomic mass is 16.5. The Morgan fingerprint density at radius 1 is 1.06 bits per heavy atom. The number of ether oxygens (including phenoxy) is 2. The van der Waals surface area contributed by atoms with E-state index in [0.717, 1.165) is 29.7 Å². The zero-order valence-electron chi connectivity index (χ0n) is 19.5. The molecule has 8 nitrogen and oxygen atoms in total. The lowest BCUT2D eigenvalue weighted by molar-refractivity contribution is -0.119. The lowest BCUT2D eigenvalue weighted by Crippen LogP contribution is -2.37. The summed E-state index contributed by atoms with van der Waals surface area (Å²) < 4.78 is 10.2. The van der Waals surface area contributed by atoms with Gasteiger partial charge < -0.3 is 14.8 Å². The second-order valence-electron chi connectivity index (χ2n) is 8.40. The van der Waals surface area contributed by atoms with E-state index in [1.165, 1.54) is 7.11 Å². The largest absolute Gasteiger partial charge is 0.465 e. The van der Waals surface area contributed by atoms with Gasteiger partial charge in [0.05, 0.1) is 29.4 Å². The number of carbonyl (C=O) groups is 3. The number of rotatable bonds is 6. The van der Waals surface area contributed by atoms with Crippen molar-refractivity contribution < 1.29 is 23.9 Å². The Labute approximate surface area is 197 Å². The van der Waals surface area contributed by atoms with Crippen molar-refractivity contribution in [1.82, 2.24) is 9.88 Å². The first-order chi connectivity index (χ1) is 16.4. The first-order valence-electron chi connectivity index (χ1n) is 11.2. The van der Waals surface area contributed by atoms with Gasteiger partial charge >= 0.3 is 11.9 Å². The molecule has 0 atom stereocenters. The number of fused-ring (bicyclic) bond motifs is 2. The number of nitrogens with zero attached hydrogens (tertiary/aromatic N) is 2. The van der Waals surface area contributed by atoms with Gasteiger partial charge in [-0.1, -0.05) is 30.3 Å². The third-order valence-electron chi connectivity index (χ3n) is 5.95. The second kappa shape index (κ2) is 10.0. The Bertz CT molecular complexity index is 1250. The minimum absolute atomic E-state index is 0.215. The highest BCUT2D eigenvalue weighted by Gasteiger charge is 2.28. The average molecular weight is 462 g/mol. The third-order valence-corrected chi connectivity index (χ3v) is 5.95. The van der Waals surface area contributed by atoms with Crippen molar-refractivity contribution in [3.63, 3.8) is 0 Å². The van der Waals surface area contributed by atoms with Gasteiger partial charge in [-0.2, -0.15) is 0 Å². The zero-order chi connectivity index (χ0) is 24.2. The van der Waals surface area contributed by atoms with Crippen LogP contribution >= 0.6 is 0 Å². The van der Waals surface area contributed by atoms with E-state index < -0.39 is 24.5 Å². The van der Waals surface area contributed by atoms with Gasteiger partial charge in [0.15, 0.2) is 6.61 Å². The smallest absolute Gasteiger partial charge is 0.339 e. The van der Waals surface area contributed by atoms with Gasteiger partial charge in [0, 0.05) is 42.2 Å². The predicted octanol–water partition coefficient (Wildman–Crippen LogP) is 3.58. The van der Waals surface area contributed by atoms with E-state index in [-0.39, 0.29) is 11.3 Å². The average Bonchev–Trinajstić information content (AvgIpc) is 2.85. The summed E-state index contributed by atoms with van der Waals surface area (Å²) in [5.74, 6) is -1.70. The van der Waals surface area contributed by atoms with Crippen molar-refractivity contribution in [2.45, 2.75) is 32.9 Å². The molecule has 3 aromatic rings. The first-order valence-corrected chi connectivity index (χ1v) is 11.2. The highest BCUT2D eigenvalue weighted by molar-refractivity contribution is 6.06. The molecule has 1 N–H and O–H groups in total. The summed E-state index contributed by atoms with van der Waals surface area (Å²) in [6.07, 6.45) is 0.740. The normalized spacial score (nSPS) is 13.4. The van der Waals surface area contributed by atoms with E-state index in [4.69, 9.17) is 14.5 Å². The van der Waals surface area contributed by atoms with Gasteiger partial charge in [0.1, 0.15) is 0 Å². The van der Waals surface area contributed by atoms with Crippen LogP contribution in [0.25, 0.3) is 10.9 Å². The number of anilines is 1. The molecule has 0 unspecified atom stereocenters. The maximum absolute atomic E-state index is 13.3. The van der Waals surface area contributed by atoms with Gasteiger partial charge in [0.25, 0.3) is 5.91 Å². The zero-order valence-corrected chi connectivity index (χ0v) is 19.5. The molecule has 0 saturated carbocycles. The van der Waals surface area contributed by atoms with Gasteiger partial charge in [-0.3, -0.25) is 14.7 Å². The summed E-state index contributed by atoms with van der Waals surface area (Å²) >= 11 is 0. The molecule has 0 radical (unpaired) electrons. The van der Waals surface area contributed by atoms with Crippen LogP contribution in [0, 0.1) is 0 Å². The Kier molecular flexibility index (Phi) is 6.88. The number of methoxy groups -OCH3 is 1. The number of carbonyl (C=O) groups excluding carboxylic acids is 3. The van der Waals surface area contributed by atoms with E-state index in [2.05, 4.69) is 24.1 Å². The minimum Gasteiger partial charge on any atom is -0.465 e. The van der Waals surface area contributed by atoms with Crippen LogP contribution in [0.2, 0.25) is 0 Å². The fourth-order valence-electron chi connectivity index (χ4n) is 4.15. The minimum atomic E-state index is -0.572. The quantitative estimate of drug-likeness (QED) is 0.560. The van der Waals surface area contributed by atoms with E-state index in [1.54, 1.807) is 24.3 Å². The molecular weight excluding hydrogens is 434 g/mol. The molecule has 34 heavy (non-hydrogen) atoms. The molecule has 0 spiro atoms. The van der Waals surface area contributed by atoms with E-state index >= 15 is 0 Å². The highest BCUT2D eigenvalue weighted by Crippen LogP contribution is 2.29. The molecule has 0 bridgehead atoms. The second-order valence-corrected chi connectivity index (χ2v) is 8.40. The number of benzene rings is 2. The van der Waals surface area contributed by atoms with Crippen molar-refractivity contribution in [3.8, 4) is 0 Å². The first kappa shape index (κ1) is 23.4.